The summed E-state index contributed by atoms with van der Waals surface area (Å²) in [6, 6.07) is 19.1. The van der Waals surface area contributed by atoms with E-state index in [0.717, 1.165) is 0 Å². The number of likely N-dealkylation sites (N-methyl/N-ethyl adjacent to an activating group) is 1. The Labute approximate surface area is 212 Å². The molecular formula is C25H21Cl2FN4OS. The topological polar surface area (TPSA) is 56.7 Å². The van der Waals surface area contributed by atoms with Crippen LogP contribution in [0.25, 0.3) is 0 Å². The number of carbonyl (C=O) groups excluding carboxylic acids is 1. The third kappa shape index (κ3) is 5.22. The van der Waals surface area contributed by atoms with E-state index in [4.69, 9.17) is 40.4 Å². The molecule has 2 N–H and O–H groups in total. The number of nitrogens with one attached hydrogen (secondary N) is 2. The average molecular weight is 515 g/mol. The van der Waals surface area contributed by atoms with Crippen molar-refractivity contribution in [3.63, 3.8) is 0 Å². The van der Waals surface area contributed by atoms with Crippen molar-refractivity contribution in [1.82, 2.24) is 10.6 Å². The molecule has 9 heteroatoms. The number of rotatable bonds is 5. The molecule has 1 atom stereocenters. The van der Waals surface area contributed by atoms with Gasteiger partial charge in [0.1, 0.15) is 5.82 Å². The summed E-state index contributed by atoms with van der Waals surface area (Å²) in [7, 11) is 1.67. The van der Waals surface area contributed by atoms with Gasteiger partial charge in [-0.15, -0.1) is 0 Å². The van der Waals surface area contributed by atoms with Crippen LogP contribution in [-0.4, -0.2) is 36.5 Å². The Kier molecular flexibility index (Phi) is 7.46. The second-order valence-electron chi connectivity index (χ2n) is 7.66. The van der Waals surface area contributed by atoms with Crippen molar-refractivity contribution in [2.24, 2.45) is 4.99 Å². The lowest BCUT2D eigenvalue weighted by Gasteiger charge is -2.22. The van der Waals surface area contributed by atoms with Gasteiger partial charge in [0.25, 0.3) is 5.91 Å². The monoisotopic (exact) mass is 514 g/mol. The quantitative estimate of drug-likeness (QED) is 0.471. The van der Waals surface area contributed by atoms with Gasteiger partial charge in [-0.1, -0.05) is 59.6 Å². The SMILES string of the molecule is CN1C(=O)C(NC(=S)NCCc2ccccc2F)N=C(c2ccccc2Cl)c2cc(Cl)ccc21. The Morgan fingerprint density at radius 1 is 1.09 bits per heavy atom. The van der Waals surface area contributed by atoms with E-state index < -0.39 is 6.17 Å². The maximum Gasteiger partial charge on any atom is 0.272 e. The van der Waals surface area contributed by atoms with Crippen molar-refractivity contribution in [2.45, 2.75) is 12.6 Å². The largest absolute Gasteiger partial charge is 0.362 e. The first-order valence-corrected chi connectivity index (χ1v) is 11.7. The minimum atomic E-state index is -1.00. The van der Waals surface area contributed by atoms with E-state index in [1.54, 1.807) is 49.5 Å². The molecule has 174 valence electrons. The second kappa shape index (κ2) is 10.5. The number of fused-ring (bicyclic) bond motifs is 1. The van der Waals surface area contributed by atoms with Crippen LogP contribution >= 0.6 is 35.4 Å². The highest BCUT2D eigenvalue weighted by atomic mass is 35.5. The van der Waals surface area contributed by atoms with Crippen LogP contribution in [0.5, 0.6) is 0 Å². The van der Waals surface area contributed by atoms with E-state index >= 15 is 0 Å². The molecule has 1 unspecified atom stereocenters. The molecule has 34 heavy (non-hydrogen) atoms. The third-order valence-corrected chi connectivity index (χ3v) is 6.26. The summed E-state index contributed by atoms with van der Waals surface area (Å²) in [5.41, 5.74) is 3.10. The predicted octanol–water partition coefficient (Wildman–Crippen LogP) is 4.98. The van der Waals surface area contributed by atoms with Gasteiger partial charge < -0.3 is 15.5 Å². The Morgan fingerprint density at radius 3 is 2.59 bits per heavy atom. The lowest BCUT2D eigenvalue weighted by Crippen LogP contribution is -2.49. The number of hydrogen-bond donors (Lipinski definition) is 2. The van der Waals surface area contributed by atoms with Gasteiger partial charge in [-0.3, -0.25) is 4.79 Å². The standard InChI is InChI=1S/C25H21Cl2FN4OS/c1-32-21-11-10-16(26)14-18(21)22(17-7-3-4-8-19(17)27)30-23(24(32)33)31-25(34)29-13-12-15-6-2-5-9-20(15)28/h2-11,14,23H,12-13H2,1H3,(H2,29,31,34). The number of thiocarbonyl (C=S) groups is 1. The Hall–Kier alpha value is -3.00. The van der Waals surface area contributed by atoms with Crippen molar-refractivity contribution in [3.8, 4) is 0 Å². The van der Waals surface area contributed by atoms with Crippen molar-refractivity contribution in [3.05, 3.63) is 99.3 Å². The first-order valence-electron chi connectivity index (χ1n) is 10.5. The molecule has 0 saturated heterocycles. The molecule has 0 radical (unpaired) electrons. The maximum atomic E-state index is 13.9. The van der Waals surface area contributed by atoms with E-state index in [0.29, 0.717) is 51.1 Å². The van der Waals surface area contributed by atoms with E-state index in [1.807, 2.05) is 18.2 Å². The number of hydrogen-bond acceptors (Lipinski definition) is 3. The van der Waals surface area contributed by atoms with Gasteiger partial charge in [-0.25, -0.2) is 9.38 Å². The summed E-state index contributed by atoms with van der Waals surface area (Å²) in [5, 5.41) is 7.24. The zero-order chi connectivity index (χ0) is 24.2. The number of benzene rings is 3. The van der Waals surface area contributed by atoms with Crippen molar-refractivity contribution < 1.29 is 9.18 Å². The molecule has 1 amide bonds. The van der Waals surface area contributed by atoms with Crippen LogP contribution < -0.4 is 15.5 Å². The van der Waals surface area contributed by atoms with Gasteiger partial charge in [-0.05, 0) is 54.5 Å². The van der Waals surface area contributed by atoms with E-state index in [2.05, 4.69) is 10.6 Å². The summed E-state index contributed by atoms with van der Waals surface area (Å²) in [5.74, 6) is -0.571. The lowest BCUT2D eigenvalue weighted by atomic mass is 10.00. The molecule has 1 heterocycles. The van der Waals surface area contributed by atoms with Crippen LogP contribution in [0.2, 0.25) is 10.0 Å². The fraction of sp³-hybridized carbons (Fsp3) is 0.160. The van der Waals surface area contributed by atoms with Gasteiger partial charge in [0, 0.05) is 34.8 Å². The van der Waals surface area contributed by atoms with Crippen molar-refractivity contribution in [1.29, 1.82) is 0 Å². The van der Waals surface area contributed by atoms with E-state index in [1.165, 1.54) is 11.0 Å². The Morgan fingerprint density at radius 2 is 1.82 bits per heavy atom. The molecule has 0 fully saturated rings. The molecule has 0 aliphatic carbocycles. The molecule has 1 aliphatic rings. The number of halogens is 3. The summed E-state index contributed by atoms with van der Waals surface area (Å²) < 4.78 is 13.9. The first-order chi connectivity index (χ1) is 16.3. The van der Waals surface area contributed by atoms with Crippen LogP contribution in [0.1, 0.15) is 16.7 Å². The fourth-order valence-corrected chi connectivity index (χ4v) is 4.31. The minimum Gasteiger partial charge on any atom is -0.362 e. The number of amides is 1. The third-order valence-electron chi connectivity index (χ3n) is 5.43. The molecule has 1 aliphatic heterocycles. The van der Waals surface area contributed by atoms with Gasteiger partial charge in [0.05, 0.1) is 11.4 Å². The first kappa shape index (κ1) is 24.1. The van der Waals surface area contributed by atoms with Crippen molar-refractivity contribution in [2.75, 3.05) is 18.5 Å². The van der Waals surface area contributed by atoms with Crippen molar-refractivity contribution >= 4 is 57.8 Å². The molecule has 0 aromatic heterocycles. The molecule has 3 aromatic carbocycles. The molecule has 4 rings (SSSR count). The predicted molar refractivity (Wildman–Crippen MR) is 140 cm³/mol. The van der Waals surface area contributed by atoms with Gasteiger partial charge in [0.2, 0.25) is 6.17 Å². The highest BCUT2D eigenvalue weighted by Crippen LogP contribution is 2.31. The molecule has 5 nitrogen and oxygen atoms in total. The number of carbonyl (C=O) groups is 1. The Balaban J connectivity index is 1.60. The van der Waals surface area contributed by atoms with E-state index in [-0.39, 0.29) is 16.8 Å². The number of aliphatic imine (C=N–C) groups is 1. The Bertz CT molecular complexity index is 1280. The highest BCUT2D eigenvalue weighted by Gasteiger charge is 2.31. The van der Waals surface area contributed by atoms with Gasteiger partial charge in [-0.2, -0.15) is 0 Å². The summed E-state index contributed by atoms with van der Waals surface area (Å²) in [6.07, 6.45) is -0.568. The number of nitrogens with zero attached hydrogens (tertiary/aromatic N) is 2. The fourth-order valence-electron chi connectivity index (χ4n) is 3.70. The van der Waals surface area contributed by atoms with Crippen LogP contribution in [0.15, 0.2) is 71.7 Å². The smallest absolute Gasteiger partial charge is 0.272 e. The second-order valence-corrected chi connectivity index (χ2v) is 8.91. The molecule has 0 saturated carbocycles. The zero-order valence-corrected chi connectivity index (χ0v) is 20.5. The number of benzodiazepines with no additional fused rings is 1. The highest BCUT2D eigenvalue weighted by molar-refractivity contribution is 7.80. The average Bonchev–Trinajstić information content (AvgIpc) is 2.91. The molecule has 3 aromatic rings. The van der Waals surface area contributed by atoms with Crippen LogP contribution in [0, 0.1) is 5.82 Å². The van der Waals surface area contributed by atoms with Gasteiger partial charge >= 0.3 is 0 Å². The molecule has 0 spiro atoms. The summed E-state index contributed by atoms with van der Waals surface area (Å²) in [6.45, 7) is 0.389. The number of anilines is 1. The van der Waals surface area contributed by atoms with Crippen LogP contribution in [0.4, 0.5) is 10.1 Å². The van der Waals surface area contributed by atoms with E-state index in [9.17, 15) is 9.18 Å². The molecular weight excluding hydrogens is 494 g/mol. The maximum absolute atomic E-state index is 13.9. The normalized spacial score (nSPS) is 15.3. The zero-order valence-electron chi connectivity index (χ0n) is 18.2. The van der Waals surface area contributed by atoms with Crippen LogP contribution in [-0.2, 0) is 11.2 Å². The van der Waals surface area contributed by atoms with Crippen LogP contribution in [0.3, 0.4) is 0 Å². The minimum absolute atomic E-state index is 0.231. The summed E-state index contributed by atoms with van der Waals surface area (Å²) in [4.78, 5) is 19.5. The summed E-state index contributed by atoms with van der Waals surface area (Å²) >= 11 is 18.2. The molecule has 0 bridgehead atoms. The van der Waals surface area contributed by atoms with Gasteiger partial charge in [0.15, 0.2) is 5.11 Å². The lowest BCUT2D eigenvalue weighted by molar-refractivity contribution is -0.119.